The van der Waals surface area contributed by atoms with Crippen LogP contribution in [0.3, 0.4) is 0 Å². The molecule has 0 N–H and O–H groups in total. The van der Waals surface area contributed by atoms with Gasteiger partial charge in [0, 0.05) is 23.8 Å². The van der Waals surface area contributed by atoms with E-state index >= 15 is 0 Å². The molecule has 4 nitrogen and oxygen atoms in total. The second-order valence-corrected chi connectivity index (χ2v) is 6.22. The van der Waals surface area contributed by atoms with Crippen molar-refractivity contribution in [3.05, 3.63) is 48.0 Å². The third kappa shape index (κ3) is 3.99. The van der Waals surface area contributed by atoms with Crippen LogP contribution in [0, 0.1) is 0 Å². The number of benzene rings is 2. The molecule has 0 aliphatic carbocycles. The first-order chi connectivity index (χ1) is 11.3. The molecule has 120 valence electrons. The molecule has 0 radical (unpaired) electrons. The highest BCUT2D eigenvalue weighted by atomic mass is 32.2. The van der Waals surface area contributed by atoms with Gasteiger partial charge in [0.05, 0.1) is 14.2 Å². The van der Waals surface area contributed by atoms with E-state index in [0.29, 0.717) is 11.9 Å². The SMILES string of the molecule is COc1ccc(OC)c(N=Cc2ccc(OC3CSC3)cc2)c1. The second kappa shape index (κ2) is 7.42. The van der Waals surface area contributed by atoms with Crippen molar-refractivity contribution in [2.75, 3.05) is 25.7 Å². The number of nitrogens with zero attached hydrogens (tertiary/aromatic N) is 1. The van der Waals surface area contributed by atoms with Gasteiger partial charge in [-0.15, -0.1) is 0 Å². The van der Waals surface area contributed by atoms with Crippen LogP contribution in [0.4, 0.5) is 5.69 Å². The topological polar surface area (TPSA) is 40.0 Å². The molecule has 0 amide bonds. The van der Waals surface area contributed by atoms with E-state index in [-0.39, 0.29) is 0 Å². The molecule has 1 fully saturated rings. The Morgan fingerprint density at radius 2 is 1.74 bits per heavy atom. The van der Waals surface area contributed by atoms with Gasteiger partial charge >= 0.3 is 0 Å². The number of aliphatic imine (C=N–C) groups is 1. The van der Waals surface area contributed by atoms with Gasteiger partial charge in [0.1, 0.15) is 29.0 Å². The molecular formula is C18H19NO3S. The summed E-state index contributed by atoms with van der Waals surface area (Å²) in [5.41, 5.74) is 1.74. The summed E-state index contributed by atoms with van der Waals surface area (Å²) in [6, 6.07) is 13.5. The molecule has 0 bridgehead atoms. The number of hydrogen-bond donors (Lipinski definition) is 0. The van der Waals surface area contributed by atoms with E-state index in [1.807, 2.05) is 54.2 Å². The molecular weight excluding hydrogens is 310 g/mol. The first-order valence-electron chi connectivity index (χ1n) is 7.39. The van der Waals surface area contributed by atoms with Crippen LogP contribution in [-0.4, -0.2) is 38.0 Å². The van der Waals surface area contributed by atoms with Crippen LogP contribution < -0.4 is 14.2 Å². The van der Waals surface area contributed by atoms with Crippen molar-refractivity contribution in [2.24, 2.45) is 4.99 Å². The van der Waals surface area contributed by atoms with Crippen LogP contribution in [0.5, 0.6) is 17.2 Å². The van der Waals surface area contributed by atoms with Gasteiger partial charge in [-0.1, -0.05) is 0 Å². The predicted octanol–water partition coefficient (Wildman–Crippen LogP) is 3.95. The lowest BCUT2D eigenvalue weighted by Crippen LogP contribution is -2.30. The minimum absolute atomic E-state index is 0.362. The Kier molecular flexibility index (Phi) is 5.08. The highest BCUT2D eigenvalue weighted by molar-refractivity contribution is 8.00. The van der Waals surface area contributed by atoms with Crippen molar-refractivity contribution >= 4 is 23.7 Å². The summed E-state index contributed by atoms with van der Waals surface area (Å²) in [6.45, 7) is 0. The number of rotatable bonds is 6. The zero-order valence-electron chi connectivity index (χ0n) is 13.2. The van der Waals surface area contributed by atoms with Gasteiger partial charge in [-0.05, 0) is 42.0 Å². The molecule has 0 spiro atoms. The van der Waals surface area contributed by atoms with Gasteiger partial charge in [0.2, 0.25) is 0 Å². The summed E-state index contributed by atoms with van der Waals surface area (Å²) in [6.07, 6.45) is 2.17. The normalized spacial score (nSPS) is 14.5. The number of hydrogen-bond acceptors (Lipinski definition) is 5. The van der Waals surface area contributed by atoms with Gasteiger partial charge < -0.3 is 14.2 Å². The highest BCUT2D eigenvalue weighted by Crippen LogP contribution is 2.31. The molecule has 0 atom stereocenters. The lowest BCUT2D eigenvalue weighted by Gasteiger charge is -2.25. The lowest BCUT2D eigenvalue weighted by molar-refractivity contribution is 0.240. The standard InChI is InChI=1S/C18H19NO3S/c1-20-15-7-8-18(21-2)17(9-15)19-10-13-3-5-14(6-4-13)22-16-11-23-12-16/h3-10,16H,11-12H2,1-2H3. The maximum Gasteiger partial charge on any atom is 0.144 e. The van der Waals surface area contributed by atoms with Crippen LogP contribution in [0.15, 0.2) is 47.5 Å². The molecule has 1 heterocycles. The quantitative estimate of drug-likeness (QED) is 0.753. The van der Waals surface area contributed by atoms with Crippen LogP contribution in [0.2, 0.25) is 0 Å². The Labute approximate surface area is 140 Å². The van der Waals surface area contributed by atoms with Crippen molar-refractivity contribution < 1.29 is 14.2 Å². The highest BCUT2D eigenvalue weighted by Gasteiger charge is 2.19. The maximum absolute atomic E-state index is 5.83. The van der Waals surface area contributed by atoms with E-state index in [2.05, 4.69) is 4.99 Å². The average Bonchev–Trinajstić information content (AvgIpc) is 2.57. The molecule has 0 saturated carbocycles. The average molecular weight is 329 g/mol. The predicted molar refractivity (Wildman–Crippen MR) is 95.0 cm³/mol. The zero-order chi connectivity index (χ0) is 16.1. The Morgan fingerprint density at radius 3 is 2.35 bits per heavy atom. The maximum atomic E-state index is 5.83. The molecule has 1 aliphatic heterocycles. The van der Waals surface area contributed by atoms with E-state index in [1.165, 1.54) is 0 Å². The van der Waals surface area contributed by atoms with Crippen LogP contribution >= 0.6 is 11.8 Å². The number of thioether (sulfide) groups is 1. The molecule has 0 unspecified atom stereocenters. The largest absolute Gasteiger partial charge is 0.497 e. The Bertz CT molecular complexity index is 681. The van der Waals surface area contributed by atoms with Gasteiger partial charge in [0.25, 0.3) is 0 Å². The van der Waals surface area contributed by atoms with Crippen LogP contribution in [-0.2, 0) is 0 Å². The van der Waals surface area contributed by atoms with E-state index in [4.69, 9.17) is 14.2 Å². The van der Waals surface area contributed by atoms with Crippen LogP contribution in [0.25, 0.3) is 0 Å². The second-order valence-electron chi connectivity index (χ2n) is 5.14. The summed E-state index contributed by atoms with van der Waals surface area (Å²) in [7, 11) is 3.26. The fourth-order valence-corrected chi connectivity index (χ4v) is 2.71. The number of methoxy groups -OCH3 is 2. The molecule has 2 aromatic carbocycles. The summed E-state index contributed by atoms with van der Waals surface area (Å²) in [5, 5.41) is 0. The molecule has 1 aliphatic rings. The van der Waals surface area contributed by atoms with Crippen molar-refractivity contribution in [2.45, 2.75) is 6.10 Å². The van der Waals surface area contributed by atoms with E-state index < -0.39 is 0 Å². The first-order valence-corrected chi connectivity index (χ1v) is 8.54. The molecule has 3 rings (SSSR count). The summed E-state index contributed by atoms with van der Waals surface area (Å²) >= 11 is 1.91. The van der Waals surface area contributed by atoms with Gasteiger partial charge in [0.15, 0.2) is 0 Å². The third-order valence-corrected chi connectivity index (χ3v) is 4.74. The Hall–Kier alpha value is -2.14. The van der Waals surface area contributed by atoms with E-state index in [0.717, 1.165) is 34.3 Å². The molecule has 23 heavy (non-hydrogen) atoms. The monoisotopic (exact) mass is 329 g/mol. The zero-order valence-corrected chi connectivity index (χ0v) is 14.0. The summed E-state index contributed by atoms with van der Waals surface area (Å²) in [4.78, 5) is 4.50. The minimum Gasteiger partial charge on any atom is -0.497 e. The van der Waals surface area contributed by atoms with Crippen molar-refractivity contribution in [1.82, 2.24) is 0 Å². The van der Waals surface area contributed by atoms with Gasteiger partial charge in [-0.3, -0.25) is 4.99 Å². The summed E-state index contributed by atoms with van der Waals surface area (Å²) in [5.74, 6) is 4.54. The van der Waals surface area contributed by atoms with Gasteiger partial charge in [-0.2, -0.15) is 11.8 Å². The van der Waals surface area contributed by atoms with E-state index in [1.54, 1.807) is 20.4 Å². The van der Waals surface area contributed by atoms with Crippen molar-refractivity contribution in [3.63, 3.8) is 0 Å². The molecule has 1 saturated heterocycles. The summed E-state index contributed by atoms with van der Waals surface area (Å²) < 4.78 is 16.4. The molecule has 5 heteroatoms. The molecule has 2 aromatic rings. The lowest BCUT2D eigenvalue weighted by atomic mass is 10.2. The third-order valence-electron chi connectivity index (χ3n) is 3.53. The molecule has 0 aromatic heterocycles. The Balaban J connectivity index is 1.71. The van der Waals surface area contributed by atoms with Gasteiger partial charge in [-0.25, -0.2) is 0 Å². The minimum atomic E-state index is 0.362. The van der Waals surface area contributed by atoms with Crippen molar-refractivity contribution in [3.8, 4) is 17.2 Å². The van der Waals surface area contributed by atoms with E-state index in [9.17, 15) is 0 Å². The Morgan fingerprint density at radius 1 is 1.00 bits per heavy atom. The fraction of sp³-hybridized carbons (Fsp3) is 0.278. The first kappa shape index (κ1) is 15.7. The number of ether oxygens (including phenoxy) is 3. The smallest absolute Gasteiger partial charge is 0.144 e. The van der Waals surface area contributed by atoms with Crippen molar-refractivity contribution in [1.29, 1.82) is 0 Å². The van der Waals surface area contributed by atoms with Crippen LogP contribution in [0.1, 0.15) is 5.56 Å². The fourth-order valence-electron chi connectivity index (χ4n) is 2.15.